The number of nitrogens with zero attached hydrogens (tertiary/aromatic N) is 2. The van der Waals surface area contributed by atoms with Gasteiger partial charge in [-0.25, -0.2) is 9.78 Å². The fraction of sp³-hybridized carbons (Fsp3) is 0.444. The number of hydrogen-bond acceptors (Lipinski definition) is 6. The van der Waals surface area contributed by atoms with Crippen molar-refractivity contribution in [3.8, 4) is 0 Å². The average molecular weight is 427 g/mol. The molecule has 0 saturated carbocycles. The number of halogens is 1. The summed E-state index contributed by atoms with van der Waals surface area (Å²) in [5.41, 5.74) is 0.246. The summed E-state index contributed by atoms with van der Waals surface area (Å²) in [6.45, 7) is 4.69. The summed E-state index contributed by atoms with van der Waals surface area (Å²) in [4.78, 5) is 41.3. The Morgan fingerprint density at radius 1 is 1.39 bits per heavy atom. The van der Waals surface area contributed by atoms with Crippen molar-refractivity contribution >= 4 is 46.2 Å². The molecule has 0 fully saturated rings. The lowest BCUT2D eigenvalue weighted by atomic mass is 10.2. The van der Waals surface area contributed by atoms with E-state index in [0.717, 1.165) is 11.8 Å². The van der Waals surface area contributed by atoms with Gasteiger partial charge in [0.25, 0.3) is 5.56 Å². The molecule has 0 saturated heterocycles. The topological polar surface area (TPSA) is 102 Å². The summed E-state index contributed by atoms with van der Waals surface area (Å²) >= 11 is 7.14. The van der Waals surface area contributed by atoms with E-state index in [0.29, 0.717) is 47.2 Å². The van der Waals surface area contributed by atoms with Crippen LogP contribution in [0.3, 0.4) is 0 Å². The van der Waals surface area contributed by atoms with Gasteiger partial charge in [0.2, 0.25) is 5.91 Å². The number of hydrogen-bond donors (Lipinski definition) is 2. The predicted molar refractivity (Wildman–Crippen MR) is 110 cm³/mol. The minimum atomic E-state index is -0.639. The van der Waals surface area contributed by atoms with Gasteiger partial charge in [0.15, 0.2) is 5.16 Å². The molecule has 1 aromatic carbocycles. The molecule has 3 amide bonds. The summed E-state index contributed by atoms with van der Waals surface area (Å²) in [6, 6.07) is 4.33. The van der Waals surface area contributed by atoms with Gasteiger partial charge >= 0.3 is 6.03 Å². The molecule has 0 aliphatic carbocycles. The van der Waals surface area contributed by atoms with Crippen LogP contribution < -0.4 is 16.2 Å². The Labute approximate surface area is 172 Å². The fourth-order valence-corrected chi connectivity index (χ4v) is 3.56. The number of methoxy groups -OCH3 is 1. The Hall–Kier alpha value is -2.10. The molecule has 0 spiro atoms. The zero-order chi connectivity index (χ0) is 20.7. The first kappa shape index (κ1) is 22.2. The number of thioether (sulfide) groups is 1. The number of aromatic nitrogens is 2. The van der Waals surface area contributed by atoms with E-state index < -0.39 is 17.2 Å². The van der Waals surface area contributed by atoms with Crippen LogP contribution in [0.5, 0.6) is 0 Å². The molecular weight excluding hydrogens is 404 g/mol. The van der Waals surface area contributed by atoms with Crippen LogP contribution in [0.25, 0.3) is 10.9 Å². The maximum atomic E-state index is 12.9. The van der Waals surface area contributed by atoms with Gasteiger partial charge in [-0.2, -0.15) is 0 Å². The highest BCUT2D eigenvalue weighted by atomic mass is 35.5. The third-order valence-corrected chi connectivity index (χ3v) is 5.16. The van der Waals surface area contributed by atoms with Gasteiger partial charge < -0.3 is 10.1 Å². The molecule has 0 aliphatic heterocycles. The molecule has 1 atom stereocenters. The molecule has 2 N–H and O–H groups in total. The SMILES string of the molecule is CCNC(=O)NC(=O)C(C)Sc1nc2cc(Cl)ccc2c(=O)n1CCCOC. The van der Waals surface area contributed by atoms with Crippen LogP contribution >= 0.6 is 23.4 Å². The number of imide groups is 1. The number of rotatable bonds is 8. The average Bonchev–Trinajstić information content (AvgIpc) is 2.64. The lowest BCUT2D eigenvalue weighted by molar-refractivity contribution is -0.119. The second-order valence-electron chi connectivity index (χ2n) is 5.97. The van der Waals surface area contributed by atoms with Crippen molar-refractivity contribution in [1.82, 2.24) is 20.2 Å². The van der Waals surface area contributed by atoms with E-state index in [4.69, 9.17) is 16.3 Å². The number of fused-ring (bicyclic) bond motifs is 1. The summed E-state index contributed by atoms with van der Waals surface area (Å²) in [6.07, 6.45) is 0.615. The number of nitrogens with one attached hydrogen (secondary N) is 2. The minimum Gasteiger partial charge on any atom is -0.385 e. The highest BCUT2D eigenvalue weighted by Gasteiger charge is 2.21. The van der Waals surface area contributed by atoms with Crippen LogP contribution in [-0.2, 0) is 16.1 Å². The molecule has 0 aliphatic rings. The van der Waals surface area contributed by atoms with Crippen LogP contribution in [0, 0.1) is 0 Å². The molecule has 8 nitrogen and oxygen atoms in total. The van der Waals surface area contributed by atoms with Gasteiger partial charge in [-0.1, -0.05) is 23.4 Å². The van der Waals surface area contributed by atoms with Gasteiger partial charge in [0.05, 0.1) is 16.2 Å². The minimum absolute atomic E-state index is 0.211. The molecule has 0 radical (unpaired) electrons. The summed E-state index contributed by atoms with van der Waals surface area (Å²) < 4.78 is 6.59. The number of amides is 3. The van der Waals surface area contributed by atoms with Crippen molar-refractivity contribution in [3.05, 3.63) is 33.6 Å². The largest absolute Gasteiger partial charge is 0.385 e. The highest BCUT2D eigenvalue weighted by molar-refractivity contribution is 8.00. The smallest absolute Gasteiger partial charge is 0.321 e. The van der Waals surface area contributed by atoms with Gasteiger partial charge in [0, 0.05) is 31.8 Å². The number of benzene rings is 1. The van der Waals surface area contributed by atoms with E-state index in [1.165, 1.54) is 4.57 Å². The Bertz CT molecular complexity index is 918. The van der Waals surface area contributed by atoms with Crippen molar-refractivity contribution in [2.24, 2.45) is 0 Å². The maximum Gasteiger partial charge on any atom is 0.321 e. The first-order valence-corrected chi connectivity index (χ1v) is 10.1. The van der Waals surface area contributed by atoms with E-state index in [9.17, 15) is 14.4 Å². The Morgan fingerprint density at radius 3 is 2.82 bits per heavy atom. The molecule has 152 valence electrons. The summed E-state index contributed by atoms with van der Waals surface area (Å²) in [5.74, 6) is -0.472. The zero-order valence-electron chi connectivity index (χ0n) is 16.0. The van der Waals surface area contributed by atoms with E-state index >= 15 is 0 Å². The molecule has 28 heavy (non-hydrogen) atoms. The van der Waals surface area contributed by atoms with Crippen molar-refractivity contribution in [2.45, 2.75) is 37.2 Å². The van der Waals surface area contributed by atoms with Gasteiger partial charge in [-0.05, 0) is 38.5 Å². The van der Waals surface area contributed by atoms with Crippen LogP contribution in [0.4, 0.5) is 4.79 Å². The maximum absolute atomic E-state index is 12.9. The van der Waals surface area contributed by atoms with Crippen LogP contribution in [-0.4, -0.2) is 47.0 Å². The van der Waals surface area contributed by atoms with E-state index in [2.05, 4.69) is 15.6 Å². The second-order valence-corrected chi connectivity index (χ2v) is 7.71. The first-order chi connectivity index (χ1) is 13.4. The van der Waals surface area contributed by atoms with Crippen molar-refractivity contribution in [1.29, 1.82) is 0 Å². The quantitative estimate of drug-likeness (QED) is 0.382. The molecule has 2 aromatic rings. The second kappa shape index (κ2) is 10.4. The van der Waals surface area contributed by atoms with E-state index in [1.807, 2.05) is 0 Å². The number of urea groups is 1. The van der Waals surface area contributed by atoms with Gasteiger partial charge in [0.1, 0.15) is 0 Å². The van der Waals surface area contributed by atoms with E-state index in [-0.39, 0.29) is 5.56 Å². The predicted octanol–water partition coefficient (Wildman–Crippen LogP) is 2.41. The Morgan fingerprint density at radius 2 is 2.14 bits per heavy atom. The number of carbonyl (C=O) groups is 2. The first-order valence-electron chi connectivity index (χ1n) is 8.81. The van der Waals surface area contributed by atoms with Crippen LogP contribution in [0.1, 0.15) is 20.3 Å². The summed E-state index contributed by atoms with van der Waals surface area (Å²) in [5, 5.41) is 5.43. The standard InChI is InChI=1S/C18H23ClN4O4S/c1-4-20-17(26)22-15(24)11(2)28-18-21-14-10-12(19)6-7-13(14)16(25)23(18)8-5-9-27-3/h6-7,10-11H,4-5,8-9H2,1-3H3,(H2,20,22,24,26). The van der Waals surface area contributed by atoms with Gasteiger partial charge in [-0.15, -0.1) is 0 Å². The lowest BCUT2D eigenvalue weighted by Crippen LogP contribution is -2.42. The third kappa shape index (κ3) is 5.70. The zero-order valence-corrected chi connectivity index (χ0v) is 17.5. The van der Waals surface area contributed by atoms with Crippen LogP contribution in [0.15, 0.2) is 28.2 Å². The number of ether oxygens (including phenoxy) is 1. The summed E-state index contributed by atoms with van der Waals surface area (Å²) in [7, 11) is 1.59. The fourth-order valence-electron chi connectivity index (χ4n) is 2.46. The molecule has 10 heteroatoms. The normalized spacial score (nSPS) is 12.0. The lowest BCUT2D eigenvalue weighted by Gasteiger charge is -2.16. The molecule has 0 bridgehead atoms. The Balaban J connectivity index is 2.34. The number of carbonyl (C=O) groups excluding carboxylic acids is 2. The molecule has 2 rings (SSSR count). The molecule has 1 heterocycles. The van der Waals surface area contributed by atoms with Gasteiger partial charge in [-0.3, -0.25) is 19.5 Å². The highest BCUT2D eigenvalue weighted by Crippen LogP contribution is 2.24. The van der Waals surface area contributed by atoms with Crippen molar-refractivity contribution < 1.29 is 14.3 Å². The van der Waals surface area contributed by atoms with E-state index in [1.54, 1.807) is 39.2 Å². The third-order valence-electron chi connectivity index (χ3n) is 3.84. The molecule has 1 aromatic heterocycles. The van der Waals surface area contributed by atoms with Crippen molar-refractivity contribution in [2.75, 3.05) is 20.3 Å². The van der Waals surface area contributed by atoms with Crippen molar-refractivity contribution in [3.63, 3.8) is 0 Å². The van der Waals surface area contributed by atoms with Crippen LogP contribution in [0.2, 0.25) is 5.02 Å². The molecule has 1 unspecified atom stereocenters. The molecular formula is C18H23ClN4O4S. The monoisotopic (exact) mass is 426 g/mol. The Kier molecular flexibility index (Phi) is 8.28.